The molecular weight excluding hydrogens is 188 g/mol. The van der Waals surface area contributed by atoms with E-state index in [1.807, 2.05) is 0 Å². The van der Waals surface area contributed by atoms with Crippen LogP contribution in [-0.4, -0.2) is 36.4 Å². The van der Waals surface area contributed by atoms with E-state index in [-0.39, 0.29) is 18.5 Å². The minimum atomic E-state index is -0.838. The predicted molar refractivity (Wildman–Crippen MR) is 46.8 cm³/mol. The Hall–Kier alpha value is -1.10. The van der Waals surface area contributed by atoms with Gasteiger partial charge >= 0.3 is 11.9 Å². The maximum Gasteiger partial charge on any atom is 0.334 e. The first-order chi connectivity index (χ1) is 6.63. The summed E-state index contributed by atoms with van der Waals surface area (Å²) in [6.45, 7) is 0. The fraction of sp³-hybridized carbons (Fsp3) is 0.778. The SMILES string of the molecule is COC(=O)[C@H]1CC[C@H](CCC(=O)O)O1. The van der Waals surface area contributed by atoms with Crippen molar-refractivity contribution in [2.75, 3.05) is 7.11 Å². The molecule has 0 amide bonds. The molecule has 0 aromatic heterocycles. The lowest BCUT2D eigenvalue weighted by Crippen LogP contribution is -2.22. The molecule has 0 saturated carbocycles. The molecule has 2 atom stereocenters. The summed E-state index contributed by atoms with van der Waals surface area (Å²) in [6, 6.07) is 0. The Morgan fingerprint density at radius 1 is 1.50 bits per heavy atom. The van der Waals surface area contributed by atoms with Crippen LogP contribution >= 0.6 is 0 Å². The first-order valence-corrected chi connectivity index (χ1v) is 4.58. The molecule has 1 aliphatic rings. The third kappa shape index (κ3) is 2.99. The number of hydrogen-bond acceptors (Lipinski definition) is 4. The zero-order chi connectivity index (χ0) is 10.6. The van der Waals surface area contributed by atoms with Crippen molar-refractivity contribution in [3.63, 3.8) is 0 Å². The smallest absolute Gasteiger partial charge is 0.334 e. The Labute approximate surface area is 82.0 Å². The summed E-state index contributed by atoms with van der Waals surface area (Å²) in [5, 5.41) is 8.45. The molecule has 5 nitrogen and oxygen atoms in total. The second-order valence-electron chi connectivity index (χ2n) is 3.28. The van der Waals surface area contributed by atoms with Crippen LogP contribution < -0.4 is 0 Å². The molecule has 0 spiro atoms. The average molecular weight is 202 g/mol. The van der Waals surface area contributed by atoms with E-state index in [4.69, 9.17) is 9.84 Å². The van der Waals surface area contributed by atoms with E-state index < -0.39 is 12.1 Å². The number of ether oxygens (including phenoxy) is 2. The van der Waals surface area contributed by atoms with E-state index in [2.05, 4.69) is 4.74 Å². The van der Waals surface area contributed by atoms with Crippen molar-refractivity contribution < 1.29 is 24.2 Å². The molecule has 0 aromatic carbocycles. The van der Waals surface area contributed by atoms with Gasteiger partial charge in [0.1, 0.15) is 0 Å². The zero-order valence-corrected chi connectivity index (χ0v) is 8.06. The average Bonchev–Trinajstić information content (AvgIpc) is 2.62. The van der Waals surface area contributed by atoms with Crippen LogP contribution in [0.4, 0.5) is 0 Å². The van der Waals surface area contributed by atoms with Gasteiger partial charge in [0.25, 0.3) is 0 Å². The minimum Gasteiger partial charge on any atom is -0.481 e. The van der Waals surface area contributed by atoms with Crippen LogP contribution in [0.3, 0.4) is 0 Å². The third-order valence-corrected chi connectivity index (χ3v) is 2.25. The van der Waals surface area contributed by atoms with Crippen molar-refractivity contribution in [1.29, 1.82) is 0 Å². The third-order valence-electron chi connectivity index (χ3n) is 2.25. The first-order valence-electron chi connectivity index (χ1n) is 4.58. The largest absolute Gasteiger partial charge is 0.481 e. The number of carboxylic acids is 1. The van der Waals surface area contributed by atoms with E-state index in [9.17, 15) is 9.59 Å². The lowest BCUT2D eigenvalue weighted by atomic mass is 10.1. The van der Waals surface area contributed by atoms with Gasteiger partial charge < -0.3 is 14.6 Å². The van der Waals surface area contributed by atoms with Crippen molar-refractivity contribution in [2.24, 2.45) is 0 Å². The van der Waals surface area contributed by atoms with Crippen LogP contribution in [0.25, 0.3) is 0 Å². The topological polar surface area (TPSA) is 72.8 Å². The van der Waals surface area contributed by atoms with E-state index in [1.165, 1.54) is 7.11 Å². The fourth-order valence-electron chi connectivity index (χ4n) is 1.51. The number of methoxy groups -OCH3 is 1. The van der Waals surface area contributed by atoms with Crippen molar-refractivity contribution >= 4 is 11.9 Å². The Bertz CT molecular complexity index is 225. The van der Waals surface area contributed by atoms with Gasteiger partial charge in [-0.25, -0.2) is 4.79 Å². The number of rotatable bonds is 4. The van der Waals surface area contributed by atoms with Crippen LogP contribution in [0.5, 0.6) is 0 Å². The van der Waals surface area contributed by atoms with Crippen LogP contribution in [0, 0.1) is 0 Å². The summed E-state index contributed by atoms with van der Waals surface area (Å²) in [5.74, 6) is -1.21. The monoisotopic (exact) mass is 202 g/mol. The van der Waals surface area contributed by atoms with Gasteiger partial charge in [-0.2, -0.15) is 0 Å². The van der Waals surface area contributed by atoms with Gasteiger partial charge in [-0.3, -0.25) is 4.79 Å². The van der Waals surface area contributed by atoms with Gasteiger partial charge in [0.05, 0.1) is 13.2 Å². The highest BCUT2D eigenvalue weighted by molar-refractivity contribution is 5.74. The maximum atomic E-state index is 11.0. The van der Waals surface area contributed by atoms with Crippen molar-refractivity contribution in [3.05, 3.63) is 0 Å². The Morgan fingerprint density at radius 2 is 2.21 bits per heavy atom. The van der Waals surface area contributed by atoms with Gasteiger partial charge in [0.15, 0.2) is 6.10 Å². The van der Waals surface area contributed by atoms with Crippen LogP contribution in [0.1, 0.15) is 25.7 Å². The normalized spacial score (nSPS) is 26.1. The molecule has 1 fully saturated rings. The molecule has 1 saturated heterocycles. The van der Waals surface area contributed by atoms with Gasteiger partial charge in [-0.1, -0.05) is 0 Å². The Kier molecular flexibility index (Phi) is 3.88. The molecular formula is C9H14O5. The van der Waals surface area contributed by atoms with E-state index in [1.54, 1.807) is 0 Å². The highest BCUT2D eigenvalue weighted by atomic mass is 16.6. The molecule has 5 heteroatoms. The maximum absolute atomic E-state index is 11.0. The highest BCUT2D eigenvalue weighted by Crippen LogP contribution is 2.23. The molecule has 1 aliphatic heterocycles. The first kappa shape index (κ1) is 11.0. The minimum absolute atomic E-state index is 0.0819. The molecule has 0 unspecified atom stereocenters. The van der Waals surface area contributed by atoms with E-state index in [0.717, 1.165) is 6.42 Å². The summed E-state index contributed by atoms with van der Waals surface area (Å²) >= 11 is 0. The summed E-state index contributed by atoms with van der Waals surface area (Å²) in [6.07, 6.45) is 1.28. The van der Waals surface area contributed by atoms with Gasteiger partial charge in [-0.05, 0) is 19.3 Å². The Morgan fingerprint density at radius 3 is 2.79 bits per heavy atom. The van der Waals surface area contributed by atoms with Crippen molar-refractivity contribution in [3.8, 4) is 0 Å². The summed E-state index contributed by atoms with van der Waals surface area (Å²) in [5.41, 5.74) is 0. The number of carboxylic acid groups (broad SMARTS) is 1. The van der Waals surface area contributed by atoms with Crippen molar-refractivity contribution in [1.82, 2.24) is 0 Å². The summed E-state index contributed by atoms with van der Waals surface area (Å²) in [7, 11) is 1.32. The second kappa shape index (κ2) is 4.95. The molecule has 80 valence electrons. The number of carbonyl (C=O) groups excluding carboxylic acids is 1. The van der Waals surface area contributed by atoms with Gasteiger partial charge in [0.2, 0.25) is 0 Å². The van der Waals surface area contributed by atoms with E-state index in [0.29, 0.717) is 12.8 Å². The second-order valence-corrected chi connectivity index (χ2v) is 3.28. The summed E-state index contributed by atoms with van der Waals surface area (Å²) in [4.78, 5) is 21.3. The zero-order valence-electron chi connectivity index (χ0n) is 8.06. The van der Waals surface area contributed by atoms with Crippen molar-refractivity contribution in [2.45, 2.75) is 37.9 Å². The molecule has 0 bridgehead atoms. The molecule has 1 heterocycles. The molecule has 0 radical (unpaired) electrons. The number of aliphatic carboxylic acids is 1. The number of hydrogen-bond donors (Lipinski definition) is 1. The molecule has 0 aliphatic carbocycles. The standard InChI is InChI=1S/C9H14O5/c1-13-9(12)7-4-2-6(14-7)3-5-8(10)11/h6-7H,2-5H2,1H3,(H,10,11)/t6-,7-/m1/s1. The molecule has 14 heavy (non-hydrogen) atoms. The lowest BCUT2D eigenvalue weighted by Gasteiger charge is -2.10. The van der Waals surface area contributed by atoms with Crippen LogP contribution in [-0.2, 0) is 19.1 Å². The van der Waals surface area contributed by atoms with E-state index >= 15 is 0 Å². The summed E-state index contributed by atoms with van der Waals surface area (Å²) < 4.78 is 9.85. The predicted octanol–water partition coefficient (Wildman–Crippen LogP) is 0.572. The molecule has 0 aromatic rings. The van der Waals surface area contributed by atoms with Crippen LogP contribution in [0.2, 0.25) is 0 Å². The van der Waals surface area contributed by atoms with Gasteiger partial charge in [0, 0.05) is 6.42 Å². The fourth-order valence-corrected chi connectivity index (χ4v) is 1.51. The highest BCUT2D eigenvalue weighted by Gasteiger charge is 2.31. The quantitative estimate of drug-likeness (QED) is 0.675. The Balaban J connectivity index is 2.27. The lowest BCUT2D eigenvalue weighted by molar-refractivity contribution is -0.153. The number of carbonyl (C=O) groups is 2. The number of esters is 1. The van der Waals surface area contributed by atoms with Crippen LogP contribution in [0.15, 0.2) is 0 Å². The molecule has 1 N–H and O–H groups in total. The van der Waals surface area contributed by atoms with Gasteiger partial charge in [-0.15, -0.1) is 0 Å². The molecule has 1 rings (SSSR count).